The highest BCUT2D eigenvalue weighted by molar-refractivity contribution is 6.74. The molecule has 416 valence electrons. The molecule has 2 aromatic rings. The zero-order valence-corrected chi connectivity index (χ0v) is 49.6. The molecular formula is C58H87NO14Si2. The van der Waals surface area contributed by atoms with Crippen LogP contribution in [0.1, 0.15) is 146 Å². The number of hydrogen-bond donors (Lipinski definition) is 2. The molecule has 0 radical (unpaired) electrons. The number of rotatable bonds is 16. The van der Waals surface area contributed by atoms with Crippen LogP contribution in [-0.4, -0.2) is 128 Å². The number of benzene rings is 2. The normalized spacial score (nSPS) is 33.2. The summed E-state index contributed by atoms with van der Waals surface area (Å²) in [5.41, 5.74) is -6.95. The molecule has 15 nitrogen and oxygen atoms in total. The van der Waals surface area contributed by atoms with E-state index in [1.807, 2.05) is 58.0 Å². The van der Waals surface area contributed by atoms with Gasteiger partial charge < -0.3 is 47.5 Å². The maximum Gasteiger partial charge on any atom is 0.413 e. The van der Waals surface area contributed by atoms with Crippen LogP contribution in [0.15, 0.2) is 71.8 Å². The fraction of sp³-hybridized carbons (Fsp3) is 0.690. The van der Waals surface area contributed by atoms with Gasteiger partial charge in [0.2, 0.25) is 0 Å². The number of aliphatic hydroxyl groups is 2. The maximum absolute atomic E-state index is 15.4. The predicted octanol–water partition coefficient (Wildman–Crippen LogP) is 10.6. The second-order valence-corrected chi connectivity index (χ2v) is 33.6. The minimum atomic E-state index is -2.74. The second kappa shape index (κ2) is 21.4. The number of hydrogen-bond acceptors (Lipinski definition) is 14. The highest BCUT2D eigenvalue weighted by Gasteiger charge is 2.79. The Morgan fingerprint density at radius 3 is 1.85 bits per heavy atom. The van der Waals surface area contributed by atoms with Gasteiger partial charge in [-0.2, -0.15) is 0 Å². The predicted molar refractivity (Wildman–Crippen MR) is 288 cm³/mol. The van der Waals surface area contributed by atoms with E-state index < -0.39 is 129 Å². The first-order chi connectivity index (χ1) is 35.0. The third-order valence-electron chi connectivity index (χ3n) is 18.5. The third kappa shape index (κ3) is 10.1. The molecule has 2 heterocycles. The van der Waals surface area contributed by atoms with Crippen LogP contribution in [0.5, 0.6) is 0 Å². The molecule has 2 aromatic carbocycles. The van der Waals surface area contributed by atoms with Crippen molar-refractivity contribution in [3.8, 4) is 0 Å². The van der Waals surface area contributed by atoms with Crippen LogP contribution in [0.4, 0.5) is 4.79 Å². The zero-order valence-electron chi connectivity index (χ0n) is 47.6. The first-order valence-electron chi connectivity index (χ1n) is 27.5. The molecule has 75 heavy (non-hydrogen) atoms. The summed E-state index contributed by atoms with van der Waals surface area (Å²) in [4.78, 5) is 59.8. The molecule has 2 aliphatic heterocycles. The van der Waals surface area contributed by atoms with E-state index in [9.17, 15) is 19.8 Å². The van der Waals surface area contributed by atoms with Crippen LogP contribution >= 0.6 is 0 Å². The summed E-state index contributed by atoms with van der Waals surface area (Å²) in [5.74, 6) is -3.37. The summed E-state index contributed by atoms with van der Waals surface area (Å²) in [6.45, 7) is 30.2. The van der Waals surface area contributed by atoms with Crippen molar-refractivity contribution in [2.45, 2.75) is 231 Å². The standard InChI is InChI=1S/C58H87NO14Si2/c1-17-74(18-2,19-3)72-41-33-42-57(35-66-42,69-37(8)60)47-49(68-50(62)39-31-27-24-28-32-39)58(65)34-40(36(7)43(54(58,12)13)45(48(61)56(41,47)16)73-75(20-4,21-5)22-6)67-51(63)46-44(38-29-25-23-26-30-38)59(55(14,15)70-46)52(64)71-53(9,10)11/h23-32,40-42,44-49,61,65H,17-22,33-35H2,1-16H3/t40-,41-,42+,44-,45+,46+,47?,48-,49-,56+,57-,58+/m0/s1. The van der Waals surface area contributed by atoms with Crippen LogP contribution < -0.4 is 0 Å². The summed E-state index contributed by atoms with van der Waals surface area (Å²) in [5, 5.41) is 28.8. The Morgan fingerprint density at radius 1 is 0.800 bits per heavy atom. The molecule has 2 saturated heterocycles. The molecule has 0 spiro atoms. The zero-order chi connectivity index (χ0) is 55.5. The van der Waals surface area contributed by atoms with Crippen LogP contribution in [-0.2, 0) is 46.9 Å². The average molecular weight is 1080 g/mol. The van der Waals surface area contributed by atoms with Crippen molar-refractivity contribution in [2.24, 2.45) is 16.7 Å². The summed E-state index contributed by atoms with van der Waals surface area (Å²) in [7, 11) is -5.29. The van der Waals surface area contributed by atoms with Crippen molar-refractivity contribution in [1.82, 2.24) is 4.90 Å². The van der Waals surface area contributed by atoms with Gasteiger partial charge in [0.15, 0.2) is 28.3 Å². The first-order valence-corrected chi connectivity index (χ1v) is 32.6. The van der Waals surface area contributed by atoms with E-state index in [0.717, 1.165) is 18.1 Å². The quantitative estimate of drug-likeness (QED) is 0.0700. The van der Waals surface area contributed by atoms with Crippen LogP contribution in [0, 0.1) is 16.7 Å². The van der Waals surface area contributed by atoms with Gasteiger partial charge in [-0.25, -0.2) is 14.4 Å². The Labute approximate surface area is 447 Å². The Morgan fingerprint density at radius 2 is 1.35 bits per heavy atom. The Hall–Kier alpha value is -3.95. The summed E-state index contributed by atoms with van der Waals surface area (Å²) < 4.78 is 54.6. The summed E-state index contributed by atoms with van der Waals surface area (Å²) in [6, 6.07) is 21.1. The number of aliphatic hydroxyl groups excluding tert-OH is 1. The molecule has 12 atom stereocenters. The van der Waals surface area contributed by atoms with E-state index in [1.54, 1.807) is 65.0 Å². The van der Waals surface area contributed by atoms with Gasteiger partial charge in [-0.15, -0.1) is 0 Å². The molecule has 2 saturated carbocycles. The van der Waals surface area contributed by atoms with Gasteiger partial charge in [0.1, 0.15) is 41.3 Å². The van der Waals surface area contributed by atoms with Crippen molar-refractivity contribution in [2.75, 3.05) is 6.61 Å². The van der Waals surface area contributed by atoms with Gasteiger partial charge >= 0.3 is 24.0 Å². The number of ether oxygens (including phenoxy) is 6. The highest BCUT2D eigenvalue weighted by Crippen LogP contribution is 2.66. The molecule has 5 aliphatic rings. The minimum Gasteiger partial charge on any atom is -0.456 e. The number of fused-ring (bicyclic) bond motifs is 5. The van der Waals surface area contributed by atoms with Crippen molar-refractivity contribution in [3.63, 3.8) is 0 Å². The first kappa shape index (κ1) is 58.7. The average Bonchev–Trinajstić information content (AvgIpc) is 3.66. The molecule has 1 amide bonds. The lowest BCUT2D eigenvalue weighted by Gasteiger charge is -2.70. The third-order valence-corrected chi connectivity index (χ3v) is 27.8. The smallest absolute Gasteiger partial charge is 0.413 e. The summed E-state index contributed by atoms with van der Waals surface area (Å²) >= 11 is 0. The minimum absolute atomic E-state index is 0.113. The van der Waals surface area contributed by atoms with E-state index in [0.29, 0.717) is 34.8 Å². The van der Waals surface area contributed by atoms with E-state index in [2.05, 4.69) is 41.5 Å². The Balaban J connectivity index is 1.51. The van der Waals surface area contributed by atoms with Gasteiger partial charge in [0, 0.05) is 30.6 Å². The Bertz CT molecular complexity index is 2420. The summed E-state index contributed by atoms with van der Waals surface area (Å²) in [6.07, 6.45) is -9.04. The lowest BCUT2D eigenvalue weighted by molar-refractivity contribution is -0.363. The van der Waals surface area contributed by atoms with Gasteiger partial charge in [0.05, 0.1) is 36.4 Å². The van der Waals surface area contributed by atoms with E-state index in [4.69, 9.17) is 37.3 Å². The molecule has 2 bridgehead atoms. The molecule has 3 aliphatic carbocycles. The molecule has 0 aromatic heterocycles. The molecular weight excluding hydrogens is 991 g/mol. The van der Waals surface area contributed by atoms with Crippen molar-refractivity contribution in [1.29, 1.82) is 0 Å². The number of nitrogens with zero attached hydrogens (tertiary/aromatic N) is 1. The van der Waals surface area contributed by atoms with Gasteiger partial charge in [-0.05, 0) is 107 Å². The molecule has 1 unspecified atom stereocenters. The molecule has 4 fully saturated rings. The van der Waals surface area contributed by atoms with E-state index in [1.165, 1.54) is 11.8 Å². The van der Waals surface area contributed by atoms with Crippen LogP contribution in [0.3, 0.4) is 0 Å². The van der Waals surface area contributed by atoms with E-state index in [-0.39, 0.29) is 25.0 Å². The van der Waals surface area contributed by atoms with Crippen molar-refractivity contribution >= 4 is 40.6 Å². The lowest BCUT2D eigenvalue weighted by atomic mass is 9.44. The number of amides is 1. The van der Waals surface area contributed by atoms with Gasteiger partial charge in [-0.1, -0.05) is 111 Å². The topological polar surface area (TPSA) is 186 Å². The van der Waals surface area contributed by atoms with Gasteiger partial charge in [-0.3, -0.25) is 9.69 Å². The van der Waals surface area contributed by atoms with Crippen LogP contribution in [0.2, 0.25) is 36.3 Å². The second-order valence-electron chi connectivity index (χ2n) is 24.2. The van der Waals surface area contributed by atoms with Gasteiger partial charge in [0.25, 0.3) is 0 Å². The molecule has 7 rings (SSSR count). The lowest BCUT2D eigenvalue weighted by Crippen LogP contribution is -2.83. The SMILES string of the molecule is CC[Si](CC)(CC)O[C@@H]1C2=C(C)[C@@H](OC(=O)[C@@H]3OC(C)(C)N(C(=O)OC(C)(C)C)[C@H]3c3ccccc3)C[C@@](O)([C@@H](OC(=O)c3ccccc3)C3[C@@](C)([C@@H](O[Si](CC)(CC)CC)C[C@H]4OC[C@@]34OC(C)=O)[C@H]1O)C2(C)C. The van der Waals surface area contributed by atoms with E-state index >= 15 is 9.59 Å². The maximum atomic E-state index is 15.4. The largest absolute Gasteiger partial charge is 0.456 e. The Kier molecular flexibility index (Phi) is 16.7. The number of carbonyl (C=O) groups excluding carboxylic acids is 4. The van der Waals surface area contributed by atoms with Crippen LogP contribution in [0.25, 0.3) is 0 Å². The molecule has 17 heteroatoms. The fourth-order valence-corrected chi connectivity index (χ4v) is 19.5. The fourth-order valence-electron chi connectivity index (χ4n) is 13.7. The van der Waals surface area contributed by atoms with Crippen molar-refractivity contribution < 1.29 is 66.7 Å². The number of carbonyl (C=O) groups is 4. The van der Waals surface area contributed by atoms with Crippen molar-refractivity contribution in [3.05, 3.63) is 82.9 Å². The molecule has 2 N–H and O–H groups in total. The monoisotopic (exact) mass is 1080 g/mol. The number of esters is 3. The highest BCUT2D eigenvalue weighted by atomic mass is 28.4.